The fourth-order valence-corrected chi connectivity index (χ4v) is 4.30. The molecule has 1 saturated heterocycles. The molecule has 1 aliphatic rings. The molecule has 3 heterocycles. The largest absolute Gasteiger partial charge is 0.507 e. The van der Waals surface area contributed by atoms with Gasteiger partial charge in [0.05, 0.1) is 24.4 Å². The van der Waals surface area contributed by atoms with Gasteiger partial charge < -0.3 is 19.2 Å². The number of aliphatic hydroxyl groups is 1. The number of benzene rings is 2. The van der Waals surface area contributed by atoms with Crippen LogP contribution >= 0.6 is 0 Å². The Hall–Kier alpha value is -4.65. The van der Waals surface area contributed by atoms with Gasteiger partial charge in [-0.2, -0.15) is 0 Å². The summed E-state index contributed by atoms with van der Waals surface area (Å²) in [6.07, 6.45) is 4.68. The standard InChI is InChI=1S/C29H24N2O5/c1-19-5-2-3-6-22(19)18-36-23-10-8-21(9-11-23)27(32)25-26(20-12-14-30-15-13-20)31(29(34)28(25)33)17-24-7-4-16-35-24/h2-16,26,32H,17-18H2,1H3/t26-/m1/s1. The highest BCUT2D eigenvalue weighted by Gasteiger charge is 2.46. The number of Topliss-reactive ketones (excluding diaryl/α,β-unsaturated/α-hetero) is 1. The summed E-state index contributed by atoms with van der Waals surface area (Å²) < 4.78 is 11.3. The number of pyridine rings is 1. The summed E-state index contributed by atoms with van der Waals surface area (Å²) in [7, 11) is 0. The third kappa shape index (κ3) is 4.51. The maximum absolute atomic E-state index is 13.1. The number of furan rings is 1. The van der Waals surface area contributed by atoms with Crippen LogP contribution in [0.3, 0.4) is 0 Å². The molecule has 0 unspecified atom stereocenters. The first kappa shape index (κ1) is 23.1. The van der Waals surface area contributed by atoms with Gasteiger partial charge in [-0.25, -0.2) is 0 Å². The average molecular weight is 481 g/mol. The van der Waals surface area contributed by atoms with E-state index < -0.39 is 17.7 Å². The fourth-order valence-electron chi connectivity index (χ4n) is 4.30. The molecule has 1 atom stereocenters. The lowest BCUT2D eigenvalue weighted by molar-refractivity contribution is -0.140. The number of nitrogens with zero attached hydrogens (tertiary/aromatic N) is 2. The van der Waals surface area contributed by atoms with E-state index in [0.717, 1.165) is 11.1 Å². The molecular formula is C29H24N2O5. The number of aromatic nitrogens is 1. The lowest BCUT2D eigenvalue weighted by Crippen LogP contribution is -2.29. The third-order valence-corrected chi connectivity index (χ3v) is 6.25. The van der Waals surface area contributed by atoms with Crippen molar-refractivity contribution in [2.75, 3.05) is 0 Å². The Bertz CT molecular complexity index is 1410. The molecule has 0 aliphatic carbocycles. The molecule has 2 aromatic heterocycles. The van der Waals surface area contributed by atoms with Gasteiger partial charge >= 0.3 is 0 Å². The van der Waals surface area contributed by atoms with Crippen LogP contribution < -0.4 is 4.74 Å². The highest BCUT2D eigenvalue weighted by atomic mass is 16.5. The number of aliphatic hydroxyl groups excluding tert-OH is 1. The van der Waals surface area contributed by atoms with Gasteiger partial charge in [0.15, 0.2) is 0 Å². The van der Waals surface area contributed by atoms with Gasteiger partial charge in [0, 0.05) is 18.0 Å². The summed E-state index contributed by atoms with van der Waals surface area (Å²) in [5, 5.41) is 11.2. The van der Waals surface area contributed by atoms with Crippen LogP contribution in [0.4, 0.5) is 0 Å². The summed E-state index contributed by atoms with van der Waals surface area (Å²) in [4.78, 5) is 31.6. The van der Waals surface area contributed by atoms with Crippen LogP contribution in [0.5, 0.6) is 5.75 Å². The fraction of sp³-hybridized carbons (Fsp3) is 0.138. The summed E-state index contributed by atoms with van der Waals surface area (Å²) >= 11 is 0. The van der Waals surface area contributed by atoms with Gasteiger partial charge in [-0.15, -0.1) is 0 Å². The van der Waals surface area contributed by atoms with Gasteiger partial charge in [-0.05, 0) is 72.1 Å². The molecule has 4 aromatic rings. The summed E-state index contributed by atoms with van der Waals surface area (Å²) in [5.74, 6) is -0.541. The Morgan fingerprint density at radius 2 is 1.75 bits per heavy atom. The molecule has 7 heteroatoms. The molecule has 1 amide bonds. The Kier molecular flexibility index (Phi) is 6.36. The minimum absolute atomic E-state index is 0.0198. The molecule has 1 aliphatic heterocycles. The van der Waals surface area contributed by atoms with Gasteiger partial charge in [0.2, 0.25) is 0 Å². The minimum atomic E-state index is -0.782. The van der Waals surface area contributed by atoms with E-state index in [1.165, 1.54) is 11.2 Å². The number of hydrogen-bond acceptors (Lipinski definition) is 6. The monoisotopic (exact) mass is 480 g/mol. The molecule has 5 rings (SSSR count). The topological polar surface area (TPSA) is 92.9 Å². The summed E-state index contributed by atoms with van der Waals surface area (Å²) in [6.45, 7) is 2.53. The number of carbonyl (C=O) groups is 2. The Labute approximate surface area is 208 Å². The number of rotatable bonds is 7. The zero-order chi connectivity index (χ0) is 25.1. The first-order chi connectivity index (χ1) is 17.5. The Morgan fingerprint density at radius 1 is 1.00 bits per heavy atom. The molecule has 1 N–H and O–H groups in total. The molecule has 0 spiro atoms. The number of likely N-dealkylation sites (tertiary alicyclic amines) is 1. The van der Waals surface area contributed by atoms with E-state index in [2.05, 4.69) is 4.98 Å². The van der Waals surface area contributed by atoms with E-state index in [0.29, 0.717) is 29.2 Å². The Balaban J connectivity index is 1.46. The molecular weight excluding hydrogens is 456 g/mol. The number of amides is 1. The van der Waals surface area contributed by atoms with Crippen LogP contribution in [-0.4, -0.2) is 26.7 Å². The van der Waals surface area contributed by atoms with Crippen LogP contribution in [-0.2, 0) is 22.7 Å². The number of hydrogen-bond donors (Lipinski definition) is 1. The second kappa shape index (κ2) is 9.92. The summed E-state index contributed by atoms with van der Waals surface area (Å²) in [5.41, 5.74) is 3.32. The molecule has 0 bridgehead atoms. The molecule has 36 heavy (non-hydrogen) atoms. The molecule has 0 radical (unpaired) electrons. The highest BCUT2D eigenvalue weighted by molar-refractivity contribution is 6.46. The lowest BCUT2D eigenvalue weighted by Gasteiger charge is -2.24. The van der Waals surface area contributed by atoms with Gasteiger partial charge in [-0.1, -0.05) is 24.3 Å². The predicted octanol–water partition coefficient (Wildman–Crippen LogP) is 5.18. The van der Waals surface area contributed by atoms with E-state index in [9.17, 15) is 14.7 Å². The quantitative estimate of drug-likeness (QED) is 0.222. The van der Waals surface area contributed by atoms with Crippen molar-refractivity contribution < 1.29 is 23.8 Å². The van der Waals surface area contributed by atoms with Gasteiger partial charge in [0.1, 0.15) is 23.9 Å². The van der Waals surface area contributed by atoms with Crippen molar-refractivity contribution in [3.05, 3.63) is 125 Å². The van der Waals surface area contributed by atoms with Crippen molar-refractivity contribution in [3.8, 4) is 5.75 Å². The van der Waals surface area contributed by atoms with Crippen LogP contribution in [0.1, 0.15) is 34.1 Å². The molecule has 2 aromatic carbocycles. The van der Waals surface area contributed by atoms with E-state index in [1.807, 2.05) is 31.2 Å². The molecule has 7 nitrogen and oxygen atoms in total. The highest BCUT2D eigenvalue weighted by Crippen LogP contribution is 2.40. The van der Waals surface area contributed by atoms with Crippen molar-refractivity contribution in [2.45, 2.75) is 26.1 Å². The first-order valence-electron chi connectivity index (χ1n) is 11.5. The van der Waals surface area contributed by atoms with E-state index >= 15 is 0 Å². The number of aryl methyl sites for hydroxylation is 1. The zero-order valence-corrected chi connectivity index (χ0v) is 19.6. The number of ketones is 1. The van der Waals surface area contributed by atoms with E-state index in [1.54, 1.807) is 60.9 Å². The van der Waals surface area contributed by atoms with Crippen LogP contribution in [0.2, 0.25) is 0 Å². The second-order valence-corrected chi connectivity index (χ2v) is 8.53. The number of ether oxygens (including phenoxy) is 1. The van der Waals surface area contributed by atoms with Crippen LogP contribution in [0.15, 0.2) is 101 Å². The second-order valence-electron chi connectivity index (χ2n) is 8.53. The van der Waals surface area contributed by atoms with E-state index in [-0.39, 0.29) is 17.9 Å². The van der Waals surface area contributed by atoms with Crippen molar-refractivity contribution in [2.24, 2.45) is 0 Å². The SMILES string of the molecule is Cc1ccccc1COc1ccc(C(O)=C2C(=O)C(=O)N(Cc3ccco3)[C@@H]2c2ccncc2)cc1. The van der Waals surface area contributed by atoms with Crippen molar-refractivity contribution >= 4 is 17.4 Å². The Morgan fingerprint density at radius 3 is 2.44 bits per heavy atom. The molecule has 0 saturated carbocycles. The first-order valence-corrected chi connectivity index (χ1v) is 11.5. The lowest BCUT2D eigenvalue weighted by atomic mass is 9.96. The minimum Gasteiger partial charge on any atom is -0.507 e. The van der Waals surface area contributed by atoms with Crippen molar-refractivity contribution in [3.63, 3.8) is 0 Å². The molecule has 180 valence electrons. The van der Waals surface area contributed by atoms with Gasteiger partial charge in [-0.3, -0.25) is 14.6 Å². The number of carbonyl (C=O) groups excluding carboxylic acids is 2. The maximum atomic E-state index is 13.1. The third-order valence-electron chi connectivity index (χ3n) is 6.25. The maximum Gasteiger partial charge on any atom is 0.296 e. The summed E-state index contributed by atoms with van der Waals surface area (Å²) in [6, 6.07) is 20.9. The normalized spacial score (nSPS) is 16.9. The average Bonchev–Trinajstić information content (AvgIpc) is 3.51. The zero-order valence-electron chi connectivity index (χ0n) is 19.6. The van der Waals surface area contributed by atoms with Crippen LogP contribution in [0, 0.1) is 6.92 Å². The van der Waals surface area contributed by atoms with Crippen molar-refractivity contribution in [1.29, 1.82) is 0 Å². The molecule has 1 fully saturated rings. The smallest absolute Gasteiger partial charge is 0.296 e. The van der Waals surface area contributed by atoms with E-state index in [4.69, 9.17) is 9.15 Å². The van der Waals surface area contributed by atoms with Gasteiger partial charge in [0.25, 0.3) is 11.7 Å². The predicted molar refractivity (Wildman–Crippen MR) is 133 cm³/mol. The van der Waals surface area contributed by atoms with Crippen LogP contribution in [0.25, 0.3) is 5.76 Å². The van der Waals surface area contributed by atoms with Crippen molar-refractivity contribution in [1.82, 2.24) is 9.88 Å².